The van der Waals surface area contributed by atoms with Crippen molar-refractivity contribution in [1.29, 1.82) is 0 Å². The number of ether oxygens (including phenoxy) is 1. The van der Waals surface area contributed by atoms with E-state index in [1.165, 1.54) is 6.07 Å². The van der Waals surface area contributed by atoms with Gasteiger partial charge in [0, 0.05) is 37.9 Å². The number of methoxy groups -OCH3 is 1. The molecule has 1 aromatic heterocycles. The first-order chi connectivity index (χ1) is 14.1. The highest BCUT2D eigenvalue weighted by molar-refractivity contribution is 5.60. The van der Waals surface area contributed by atoms with Gasteiger partial charge in [0.2, 0.25) is 5.95 Å². The van der Waals surface area contributed by atoms with E-state index in [0.717, 1.165) is 49.1 Å². The summed E-state index contributed by atoms with van der Waals surface area (Å²) in [4.78, 5) is 13.6. The molecule has 0 atom stereocenters. The van der Waals surface area contributed by atoms with E-state index < -0.39 is 0 Å². The smallest absolute Gasteiger partial charge is 0.229 e. The van der Waals surface area contributed by atoms with Crippen molar-refractivity contribution in [3.63, 3.8) is 0 Å². The van der Waals surface area contributed by atoms with Crippen LogP contribution in [0.25, 0.3) is 0 Å². The fourth-order valence-corrected chi connectivity index (χ4v) is 3.52. The van der Waals surface area contributed by atoms with Crippen molar-refractivity contribution in [2.45, 2.75) is 6.92 Å². The molecule has 0 bridgehead atoms. The first-order valence-corrected chi connectivity index (χ1v) is 9.64. The fourth-order valence-electron chi connectivity index (χ4n) is 3.52. The second-order valence-corrected chi connectivity index (χ2v) is 6.94. The molecule has 2 heterocycles. The maximum absolute atomic E-state index is 14.0. The molecule has 0 amide bonds. The van der Waals surface area contributed by atoms with Crippen LogP contribution in [0.5, 0.6) is 5.75 Å². The fraction of sp³-hybridized carbons (Fsp3) is 0.273. The monoisotopic (exact) mass is 393 g/mol. The van der Waals surface area contributed by atoms with Gasteiger partial charge in [0.05, 0.1) is 18.5 Å². The number of benzene rings is 2. The lowest BCUT2D eigenvalue weighted by atomic mass is 10.2. The number of aryl methyl sites for hydroxylation is 1. The molecule has 1 saturated heterocycles. The molecule has 0 unspecified atom stereocenters. The Labute approximate surface area is 170 Å². The summed E-state index contributed by atoms with van der Waals surface area (Å²) in [6, 6.07) is 16.6. The average Bonchev–Trinajstić information content (AvgIpc) is 2.75. The summed E-state index contributed by atoms with van der Waals surface area (Å²) in [5.41, 5.74) is 2.31. The number of para-hydroxylation sites is 3. The van der Waals surface area contributed by atoms with Crippen LogP contribution >= 0.6 is 0 Å². The Morgan fingerprint density at radius 1 is 0.931 bits per heavy atom. The summed E-state index contributed by atoms with van der Waals surface area (Å²) in [6.45, 7) is 5.29. The molecule has 1 aliphatic heterocycles. The molecule has 3 aromatic rings. The van der Waals surface area contributed by atoms with Crippen LogP contribution in [0.1, 0.15) is 5.69 Å². The molecule has 0 spiro atoms. The second-order valence-electron chi connectivity index (χ2n) is 6.94. The second kappa shape index (κ2) is 8.34. The Hall–Kier alpha value is -3.35. The van der Waals surface area contributed by atoms with E-state index in [0.29, 0.717) is 11.6 Å². The summed E-state index contributed by atoms with van der Waals surface area (Å²) < 4.78 is 19.4. The van der Waals surface area contributed by atoms with Gasteiger partial charge in [-0.2, -0.15) is 4.98 Å². The molecule has 0 aliphatic carbocycles. The highest BCUT2D eigenvalue weighted by Gasteiger charge is 2.21. The minimum Gasteiger partial charge on any atom is -0.495 e. The normalized spacial score (nSPS) is 14.0. The standard InChI is InChI=1S/C22H24FN5O/c1-16-15-21(26-22(24-16)25-18-8-4-3-7-17(18)23)28-13-11-27(12-14-28)19-9-5-6-10-20(19)29-2/h3-10,15H,11-14H2,1-2H3,(H,24,25,26). The van der Waals surface area contributed by atoms with Crippen molar-refractivity contribution < 1.29 is 9.13 Å². The third-order valence-electron chi connectivity index (χ3n) is 4.99. The SMILES string of the molecule is COc1ccccc1N1CCN(c2cc(C)nc(Nc3ccccc3F)n2)CC1. The molecule has 0 saturated carbocycles. The zero-order chi connectivity index (χ0) is 20.2. The van der Waals surface area contributed by atoms with Crippen molar-refractivity contribution in [3.05, 3.63) is 66.1 Å². The average molecular weight is 393 g/mol. The molecule has 2 aromatic carbocycles. The third kappa shape index (κ3) is 4.23. The number of rotatable bonds is 5. The number of aromatic nitrogens is 2. The molecule has 7 heteroatoms. The van der Waals surface area contributed by atoms with Crippen LogP contribution in [0.3, 0.4) is 0 Å². The van der Waals surface area contributed by atoms with Crippen molar-refractivity contribution in [1.82, 2.24) is 9.97 Å². The molecule has 6 nitrogen and oxygen atoms in total. The lowest BCUT2D eigenvalue weighted by Gasteiger charge is -2.37. The van der Waals surface area contributed by atoms with Crippen LogP contribution < -0.4 is 19.9 Å². The maximum atomic E-state index is 14.0. The summed E-state index contributed by atoms with van der Waals surface area (Å²) >= 11 is 0. The Balaban J connectivity index is 1.48. The van der Waals surface area contributed by atoms with Gasteiger partial charge >= 0.3 is 0 Å². The molecule has 1 N–H and O–H groups in total. The first-order valence-electron chi connectivity index (χ1n) is 9.64. The lowest BCUT2D eigenvalue weighted by Crippen LogP contribution is -2.47. The number of piperazine rings is 1. The maximum Gasteiger partial charge on any atom is 0.229 e. The minimum absolute atomic E-state index is 0.329. The van der Waals surface area contributed by atoms with E-state index >= 15 is 0 Å². The minimum atomic E-state index is -0.329. The summed E-state index contributed by atoms with van der Waals surface area (Å²) in [6.07, 6.45) is 0. The largest absolute Gasteiger partial charge is 0.495 e. The van der Waals surface area contributed by atoms with Gasteiger partial charge in [-0.1, -0.05) is 24.3 Å². The van der Waals surface area contributed by atoms with Crippen LogP contribution in [-0.2, 0) is 0 Å². The molecule has 150 valence electrons. The molecular weight excluding hydrogens is 369 g/mol. The van der Waals surface area contributed by atoms with E-state index in [4.69, 9.17) is 4.74 Å². The molecule has 0 radical (unpaired) electrons. The van der Waals surface area contributed by atoms with E-state index in [2.05, 4.69) is 31.2 Å². The zero-order valence-corrected chi connectivity index (χ0v) is 16.6. The molecule has 1 aliphatic rings. The number of halogens is 1. The van der Waals surface area contributed by atoms with Crippen molar-refractivity contribution in [2.75, 3.05) is 48.4 Å². The van der Waals surface area contributed by atoms with Gasteiger partial charge in [-0.05, 0) is 31.2 Å². The third-order valence-corrected chi connectivity index (χ3v) is 4.99. The van der Waals surface area contributed by atoms with Crippen molar-refractivity contribution >= 4 is 23.1 Å². The van der Waals surface area contributed by atoms with Crippen LogP contribution in [-0.4, -0.2) is 43.3 Å². The van der Waals surface area contributed by atoms with E-state index in [-0.39, 0.29) is 5.82 Å². The summed E-state index contributed by atoms with van der Waals surface area (Å²) in [5.74, 6) is 1.80. The number of hydrogen-bond donors (Lipinski definition) is 1. The Kier molecular flexibility index (Phi) is 5.46. The van der Waals surface area contributed by atoms with Crippen LogP contribution in [0.2, 0.25) is 0 Å². The van der Waals surface area contributed by atoms with Gasteiger partial charge in [0.1, 0.15) is 17.4 Å². The van der Waals surface area contributed by atoms with E-state index in [9.17, 15) is 4.39 Å². The van der Waals surface area contributed by atoms with Crippen LogP contribution in [0, 0.1) is 12.7 Å². The van der Waals surface area contributed by atoms with Crippen LogP contribution in [0.15, 0.2) is 54.6 Å². The zero-order valence-electron chi connectivity index (χ0n) is 16.6. The Morgan fingerprint density at radius 2 is 1.62 bits per heavy atom. The van der Waals surface area contributed by atoms with Gasteiger partial charge < -0.3 is 19.9 Å². The van der Waals surface area contributed by atoms with Gasteiger partial charge in [0.15, 0.2) is 0 Å². The number of hydrogen-bond acceptors (Lipinski definition) is 6. The highest BCUT2D eigenvalue weighted by atomic mass is 19.1. The van der Waals surface area contributed by atoms with E-state index in [1.807, 2.05) is 31.2 Å². The first kappa shape index (κ1) is 19.0. The van der Waals surface area contributed by atoms with Gasteiger partial charge in [-0.15, -0.1) is 0 Å². The van der Waals surface area contributed by atoms with Gasteiger partial charge in [-0.25, -0.2) is 9.37 Å². The van der Waals surface area contributed by atoms with Crippen LogP contribution in [0.4, 0.5) is 27.5 Å². The Bertz CT molecular complexity index is 988. The summed E-state index contributed by atoms with van der Waals surface area (Å²) in [5, 5.41) is 2.99. The quantitative estimate of drug-likeness (QED) is 0.707. The number of nitrogens with zero attached hydrogens (tertiary/aromatic N) is 4. The van der Waals surface area contributed by atoms with E-state index in [1.54, 1.807) is 25.3 Å². The highest BCUT2D eigenvalue weighted by Crippen LogP contribution is 2.29. The molecular formula is C22H24FN5O. The van der Waals surface area contributed by atoms with Gasteiger partial charge in [-0.3, -0.25) is 0 Å². The molecule has 29 heavy (non-hydrogen) atoms. The van der Waals surface area contributed by atoms with Gasteiger partial charge in [0.25, 0.3) is 0 Å². The molecule has 1 fully saturated rings. The molecule has 4 rings (SSSR count). The van der Waals surface area contributed by atoms with Crippen molar-refractivity contribution in [3.8, 4) is 5.75 Å². The predicted octanol–water partition coefficient (Wildman–Crippen LogP) is 4.00. The predicted molar refractivity (Wildman–Crippen MR) is 114 cm³/mol. The van der Waals surface area contributed by atoms with Crippen molar-refractivity contribution in [2.24, 2.45) is 0 Å². The Morgan fingerprint density at radius 3 is 2.38 bits per heavy atom. The number of anilines is 4. The summed E-state index contributed by atoms with van der Waals surface area (Å²) in [7, 11) is 1.70. The lowest BCUT2D eigenvalue weighted by molar-refractivity contribution is 0.413. The topological polar surface area (TPSA) is 53.5 Å². The number of nitrogens with one attached hydrogen (secondary N) is 1.